The summed E-state index contributed by atoms with van der Waals surface area (Å²) in [6.07, 6.45) is 8.80. The molecule has 0 aliphatic heterocycles. The first-order chi connectivity index (χ1) is 8.41. The summed E-state index contributed by atoms with van der Waals surface area (Å²) in [4.78, 5) is 8.46. The zero-order chi connectivity index (χ0) is 13.8. The van der Waals surface area contributed by atoms with Crippen LogP contribution in [0.15, 0.2) is 9.98 Å². The number of unbranched alkanes of at least 4 members (excludes halogenated alkanes) is 2. The Hall–Kier alpha value is 0.0283. The molecular formula is C17H40N2Pt. The maximum Gasteiger partial charge on any atom is 2.00 e. The molecule has 2 nitrogen and oxygen atoms in total. The van der Waals surface area contributed by atoms with E-state index < -0.39 is 0 Å². The van der Waals surface area contributed by atoms with Crippen LogP contribution in [-0.2, 0) is 21.1 Å². The first-order valence-corrected chi connectivity index (χ1v) is 6.97. The van der Waals surface area contributed by atoms with Crippen LogP contribution >= 0.6 is 0 Å². The molecule has 0 bridgehead atoms. The van der Waals surface area contributed by atoms with E-state index in [-0.39, 0.29) is 35.9 Å². The molecule has 0 aliphatic rings. The van der Waals surface area contributed by atoms with Crippen molar-refractivity contribution >= 4 is 12.4 Å². The van der Waals surface area contributed by atoms with E-state index in [9.17, 15) is 0 Å². The van der Waals surface area contributed by atoms with Crippen molar-refractivity contribution in [1.82, 2.24) is 0 Å². The van der Waals surface area contributed by atoms with Crippen LogP contribution in [0.3, 0.4) is 0 Å². The van der Waals surface area contributed by atoms with E-state index in [2.05, 4.69) is 23.8 Å². The Balaban J connectivity index is -0.0000000639. The standard InChI is InChI=1S/C11H20N2.2C2H6.2CH4.Pt/c1-3-5-8-12-10-7-11-13-9-6-4-2;2*1-2;;;/h8-9H,1-7,10-11H2;2*1-2H3;2*1H4;/q-2;;;;;+2. The van der Waals surface area contributed by atoms with Crippen molar-refractivity contribution in [3.63, 3.8) is 0 Å². The van der Waals surface area contributed by atoms with Gasteiger partial charge in [-0.1, -0.05) is 42.5 Å². The van der Waals surface area contributed by atoms with Gasteiger partial charge in [0.25, 0.3) is 0 Å². The molecule has 0 radical (unpaired) electrons. The molecule has 0 saturated heterocycles. The van der Waals surface area contributed by atoms with Crippen LogP contribution in [0.5, 0.6) is 0 Å². The Morgan fingerprint density at radius 3 is 1.30 bits per heavy atom. The van der Waals surface area contributed by atoms with Gasteiger partial charge in [0.15, 0.2) is 0 Å². The van der Waals surface area contributed by atoms with Crippen LogP contribution in [0.2, 0.25) is 0 Å². The molecule has 0 unspecified atom stereocenters. The minimum absolute atomic E-state index is 0. The van der Waals surface area contributed by atoms with Gasteiger partial charge in [-0.25, -0.2) is 0 Å². The van der Waals surface area contributed by atoms with E-state index in [1.807, 2.05) is 40.1 Å². The van der Waals surface area contributed by atoms with Crippen molar-refractivity contribution in [2.24, 2.45) is 9.98 Å². The SMILES string of the molecule is C.C.CC.CC.[CH2-]CCC=NCCCN=CCC[CH2-].[Pt+2]. The third-order valence-electron chi connectivity index (χ3n) is 1.50. The fourth-order valence-electron chi connectivity index (χ4n) is 0.801. The monoisotopic (exact) mass is 467 g/mol. The number of nitrogens with zero attached hydrogens (tertiary/aromatic N) is 2. The van der Waals surface area contributed by atoms with E-state index in [0.29, 0.717) is 0 Å². The summed E-state index contributed by atoms with van der Waals surface area (Å²) in [5.41, 5.74) is 0. The Labute approximate surface area is 145 Å². The molecule has 0 spiro atoms. The van der Waals surface area contributed by atoms with Crippen molar-refractivity contribution in [2.75, 3.05) is 13.1 Å². The third kappa shape index (κ3) is 52.0. The van der Waals surface area contributed by atoms with Crippen LogP contribution in [0.25, 0.3) is 0 Å². The fraction of sp³-hybridized carbons (Fsp3) is 0.765. The minimum Gasteiger partial charge on any atom is -0.343 e. The molecule has 0 fully saturated rings. The number of hydrogen-bond donors (Lipinski definition) is 0. The van der Waals surface area contributed by atoms with E-state index >= 15 is 0 Å². The Bertz CT molecular complexity index is 130. The second-order valence-corrected chi connectivity index (χ2v) is 2.82. The Kier molecular flexibility index (Phi) is 93.7. The molecule has 128 valence electrons. The molecule has 0 aliphatic carbocycles. The molecule has 0 aromatic rings. The summed E-state index contributed by atoms with van der Waals surface area (Å²) in [5.74, 6) is 0. The van der Waals surface area contributed by atoms with Gasteiger partial charge in [0.05, 0.1) is 0 Å². The molecule has 0 atom stereocenters. The summed E-state index contributed by atoms with van der Waals surface area (Å²) in [5, 5.41) is 0. The van der Waals surface area contributed by atoms with Crippen LogP contribution in [0.4, 0.5) is 0 Å². The Morgan fingerprint density at radius 2 is 1.05 bits per heavy atom. The van der Waals surface area contributed by atoms with Gasteiger partial charge in [0.1, 0.15) is 0 Å². The number of hydrogen-bond acceptors (Lipinski definition) is 2. The van der Waals surface area contributed by atoms with E-state index in [1.165, 1.54) is 0 Å². The van der Waals surface area contributed by atoms with Gasteiger partial charge in [-0.15, -0.1) is 0 Å². The largest absolute Gasteiger partial charge is 2.00 e. The van der Waals surface area contributed by atoms with Crippen molar-refractivity contribution in [3.8, 4) is 0 Å². The molecule has 0 rings (SSSR count). The molecule has 3 heteroatoms. The predicted molar refractivity (Wildman–Crippen MR) is 96.7 cm³/mol. The fourth-order valence-corrected chi connectivity index (χ4v) is 0.801. The quantitative estimate of drug-likeness (QED) is 0.235. The van der Waals surface area contributed by atoms with E-state index in [4.69, 9.17) is 0 Å². The van der Waals surface area contributed by atoms with Gasteiger partial charge in [-0.3, -0.25) is 9.98 Å². The molecule has 0 N–H and O–H groups in total. The molecule has 0 heterocycles. The van der Waals surface area contributed by atoms with Gasteiger partial charge in [0.2, 0.25) is 0 Å². The zero-order valence-electron chi connectivity index (χ0n) is 12.7. The average molecular weight is 468 g/mol. The van der Waals surface area contributed by atoms with Gasteiger partial charge in [0, 0.05) is 13.1 Å². The zero-order valence-corrected chi connectivity index (χ0v) is 15.0. The first-order valence-electron chi connectivity index (χ1n) is 6.97. The van der Waals surface area contributed by atoms with Gasteiger partial charge in [-0.2, -0.15) is 12.8 Å². The minimum atomic E-state index is 0. The Morgan fingerprint density at radius 1 is 0.750 bits per heavy atom. The summed E-state index contributed by atoms with van der Waals surface area (Å²) >= 11 is 0. The second kappa shape index (κ2) is 50.9. The third-order valence-corrected chi connectivity index (χ3v) is 1.50. The van der Waals surface area contributed by atoms with Crippen molar-refractivity contribution in [3.05, 3.63) is 13.8 Å². The molecule has 0 aromatic carbocycles. The summed E-state index contributed by atoms with van der Waals surface area (Å²) in [6.45, 7) is 17.2. The maximum atomic E-state index is 4.23. The normalized spacial score (nSPS) is 8.30. The van der Waals surface area contributed by atoms with Crippen LogP contribution in [0, 0.1) is 13.8 Å². The molecule has 0 aromatic heterocycles. The van der Waals surface area contributed by atoms with Crippen molar-refractivity contribution < 1.29 is 21.1 Å². The first kappa shape index (κ1) is 36.8. The molecule has 0 saturated carbocycles. The summed E-state index contributed by atoms with van der Waals surface area (Å²) in [7, 11) is 0. The van der Waals surface area contributed by atoms with Gasteiger partial charge in [-0.05, 0) is 31.7 Å². The number of aliphatic imine (C=N–C) groups is 2. The second-order valence-electron chi connectivity index (χ2n) is 2.82. The van der Waals surface area contributed by atoms with Crippen molar-refractivity contribution in [2.45, 2.75) is 74.7 Å². The van der Waals surface area contributed by atoms with Crippen LogP contribution in [0.1, 0.15) is 74.7 Å². The average Bonchev–Trinajstić information content (AvgIpc) is 2.42. The topological polar surface area (TPSA) is 24.7 Å². The van der Waals surface area contributed by atoms with Gasteiger partial charge < -0.3 is 13.8 Å². The smallest absolute Gasteiger partial charge is 0.343 e. The van der Waals surface area contributed by atoms with Crippen LogP contribution < -0.4 is 0 Å². The maximum absolute atomic E-state index is 4.23. The van der Waals surface area contributed by atoms with E-state index in [1.54, 1.807) is 0 Å². The molecular weight excluding hydrogens is 427 g/mol. The van der Waals surface area contributed by atoms with Gasteiger partial charge >= 0.3 is 21.1 Å². The molecule has 20 heavy (non-hydrogen) atoms. The summed E-state index contributed by atoms with van der Waals surface area (Å²) < 4.78 is 0. The predicted octanol–water partition coefficient (Wildman–Crippen LogP) is 6.07. The van der Waals surface area contributed by atoms with E-state index in [0.717, 1.165) is 45.2 Å². The molecule has 0 amide bonds. The number of rotatable bonds is 8. The summed E-state index contributed by atoms with van der Waals surface area (Å²) in [6, 6.07) is 0. The van der Waals surface area contributed by atoms with Crippen molar-refractivity contribution in [1.29, 1.82) is 0 Å². The van der Waals surface area contributed by atoms with Crippen LogP contribution in [-0.4, -0.2) is 25.5 Å².